The molecule has 17 heavy (non-hydrogen) atoms. The van der Waals surface area contributed by atoms with Crippen LogP contribution in [0, 0.1) is 6.92 Å². The highest BCUT2D eigenvalue weighted by molar-refractivity contribution is 9.10. The van der Waals surface area contributed by atoms with E-state index in [1.165, 1.54) is 6.26 Å². The molecule has 1 aromatic carbocycles. The summed E-state index contributed by atoms with van der Waals surface area (Å²) < 4.78 is 5.80. The lowest BCUT2D eigenvalue weighted by Gasteiger charge is -2.03. The number of nitrogens with one attached hydrogen (secondary N) is 1. The molecule has 0 aliphatic heterocycles. The van der Waals surface area contributed by atoms with E-state index >= 15 is 0 Å². The first kappa shape index (κ1) is 12.1. The van der Waals surface area contributed by atoms with Crippen LogP contribution in [-0.2, 0) is 0 Å². The minimum absolute atomic E-state index is 0.156. The van der Waals surface area contributed by atoms with Crippen molar-refractivity contribution in [3.63, 3.8) is 0 Å². The van der Waals surface area contributed by atoms with Crippen molar-refractivity contribution in [3.8, 4) is 0 Å². The van der Waals surface area contributed by atoms with Crippen LogP contribution in [0.2, 0.25) is 5.02 Å². The van der Waals surface area contributed by atoms with Crippen LogP contribution in [0.25, 0.3) is 0 Å². The molecule has 0 radical (unpaired) electrons. The van der Waals surface area contributed by atoms with Crippen molar-refractivity contribution < 1.29 is 9.21 Å². The van der Waals surface area contributed by atoms with Crippen LogP contribution in [-0.4, -0.2) is 10.9 Å². The summed E-state index contributed by atoms with van der Waals surface area (Å²) in [5.41, 5.74) is 1.05. The number of benzene rings is 1. The zero-order chi connectivity index (χ0) is 12.4. The van der Waals surface area contributed by atoms with E-state index in [0.29, 0.717) is 16.3 Å². The average molecular weight is 316 g/mol. The Labute approximate surface area is 111 Å². The average Bonchev–Trinajstić information content (AvgIpc) is 2.67. The highest BCUT2D eigenvalue weighted by Crippen LogP contribution is 2.22. The molecular formula is C11H8BrClN2O2. The third-order valence-electron chi connectivity index (χ3n) is 2.01. The first-order chi connectivity index (χ1) is 8.06. The lowest BCUT2D eigenvalue weighted by atomic mass is 10.2. The van der Waals surface area contributed by atoms with E-state index in [2.05, 4.69) is 26.2 Å². The van der Waals surface area contributed by atoms with E-state index in [9.17, 15) is 4.79 Å². The minimum atomic E-state index is -0.363. The second-order valence-electron chi connectivity index (χ2n) is 3.37. The predicted octanol–water partition coefficient (Wildman–Crippen LogP) is 3.65. The van der Waals surface area contributed by atoms with Crippen molar-refractivity contribution in [2.75, 3.05) is 5.32 Å². The van der Waals surface area contributed by atoms with Crippen LogP contribution in [0.15, 0.2) is 33.4 Å². The molecule has 0 bridgehead atoms. The fourth-order valence-electron chi connectivity index (χ4n) is 1.25. The SMILES string of the molecule is Cc1coc(NC(=O)c2cc(Br)ccc2Cl)n1. The number of aryl methyl sites for hydroxylation is 1. The number of hydrogen-bond donors (Lipinski definition) is 1. The van der Waals surface area contributed by atoms with E-state index in [4.69, 9.17) is 16.0 Å². The molecule has 0 saturated carbocycles. The Morgan fingerprint density at radius 2 is 2.29 bits per heavy atom. The Kier molecular flexibility index (Phi) is 3.49. The van der Waals surface area contributed by atoms with Crippen molar-refractivity contribution in [1.29, 1.82) is 0 Å². The van der Waals surface area contributed by atoms with Gasteiger partial charge < -0.3 is 4.42 Å². The highest BCUT2D eigenvalue weighted by Gasteiger charge is 2.13. The predicted molar refractivity (Wildman–Crippen MR) is 68.3 cm³/mol. The van der Waals surface area contributed by atoms with Gasteiger partial charge in [-0.25, -0.2) is 0 Å². The van der Waals surface area contributed by atoms with Crippen LogP contribution < -0.4 is 5.32 Å². The highest BCUT2D eigenvalue weighted by atomic mass is 79.9. The molecule has 4 nitrogen and oxygen atoms in total. The van der Waals surface area contributed by atoms with E-state index in [1.807, 2.05) is 0 Å². The number of amides is 1. The first-order valence-electron chi connectivity index (χ1n) is 4.75. The van der Waals surface area contributed by atoms with Gasteiger partial charge in [-0.05, 0) is 25.1 Å². The number of nitrogens with zero attached hydrogens (tertiary/aromatic N) is 1. The Balaban J connectivity index is 2.22. The van der Waals surface area contributed by atoms with Crippen LogP contribution in [0.3, 0.4) is 0 Å². The zero-order valence-corrected chi connectivity index (χ0v) is 11.2. The summed E-state index contributed by atoms with van der Waals surface area (Å²) in [6.45, 7) is 1.77. The van der Waals surface area contributed by atoms with Gasteiger partial charge in [0.2, 0.25) is 0 Å². The molecule has 0 aliphatic carbocycles. The van der Waals surface area contributed by atoms with E-state index in [-0.39, 0.29) is 11.9 Å². The maximum atomic E-state index is 11.9. The van der Waals surface area contributed by atoms with E-state index < -0.39 is 0 Å². The summed E-state index contributed by atoms with van der Waals surface area (Å²) in [4.78, 5) is 15.9. The van der Waals surface area contributed by atoms with Crippen molar-refractivity contribution in [2.24, 2.45) is 0 Å². The van der Waals surface area contributed by atoms with Gasteiger partial charge in [-0.15, -0.1) is 0 Å². The molecule has 0 spiro atoms. The molecule has 1 N–H and O–H groups in total. The quantitative estimate of drug-likeness (QED) is 0.920. The molecule has 6 heteroatoms. The maximum Gasteiger partial charge on any atom is 0.301 e. The van der Waals surface area contributed by atoms with Gasteiger partial charge in [0.25, 0.3) is 5.91 Å². The Bertz CT molecular complexity index is 568. The van der Waals surface area contributed by atoms with Crippen molar-refractivity contribution in [2.45, 2.75) is 6.92 Å². The molecule has 2 rings (SSSR count). The second kappa shape index (κ2) is 4.89. The smallest absolute Gasteiger partial charge is 0.301 e. The van der Waals surface area contributed by atoms with Gasteiger partial charge in [0.05, 0.1) is 16.3 Å². The third kappa shape index (κ3) is 2.87. The largest absolute Gasteiger partial charge is 0.432 e. The standard InChI is InChI=1S/C11H8BrClN2O2/c1-6-5-17-11(14-6)15-10(16)8-4-7(12)2-3-9(8)13/h2-5H,1H3,(H,14,15,16). The monoisotopic (exact) mass is 314 g/mol. The second-order valence-corrected chi connectivity index (χ2v) is 4.70. The number of anilines is 1. The van der Waals surface area contributed by atoms with Crippen LogP contribution in [0.1, 0.15) is 16.1 Å². The number of oxazole rings is 1. The number of carbonyl (C=O) groups is 1. The lowest BCUT2D eigenvalue weighted by molar-refractivity contribution is 0.102. The first-order valence-corrected chi connectivity index (χ1v) is 5.92. The topological polar surface area (TPSA) is 55.1 Å². The van der Waals surface area contributed by atoms with E-state index in [1.54, 1.807) is 25.1 Å². The molecule has 0 fully saturated rings. The van der Waals surface area contributed by atoms with Gasteiger partial charge in [0, 0.05) is 4.47 Å². The molecule has 88 valence electrons. The Hall–Kier alpha value is -1.33. The number of carbonyl (C=O) groups excluding carboxylic acids is 1. The number of hydrogen-bond acceptors (Lipinski definition) is 3. The molecule has 0 unspecified atom stereocenters. The van der Waals surface area contributed by atoms with E-state index in [0.717, 1.165) is 4.47 Å². The molecule has 1 heterocycles. The van der Waals surface area contributed by atoms with Crippen LogP contribution in [0.4, 0.5) is 6.01 Å². The number of halogens is 2. The molecule has 1 amide bonds. The summed E-state index contributed by atoms with van der Waals surface area (Å²) in [5.74, 6) is -0.363. The van der Waals surface area contributed by atoms with Gasteiger partial charge in [-0.1, -0.05) is 27.5 Å². The third-order valence-corrected chi connectivity index (χ3v) is 2.84. The molecule has 2 aromatic rings. The Morgan fingerprint density at radius 3 is 2.94 bits per heavy atom. The number of aromatic nitrogens is 1. The summed E-state index contributed by atoms with van der Waals surface area (Å²) in [5, 5.41) is 2.89. The summed E-state index contributed by atoms with van der Waals surface area (Å²) in [6.07, 6.45) is 1.46. The normalized spacial score (nSPS) is 10.3. The van der Waals surface area contributed by atoms with Gasteiger partial charge >= 0.3 is 6.01 Å². The summed E-state index contributed by atoms with van der Waals surface area (Å²) >= 11 is 9.21. The minimum Gasteiger partial charge on any atom is -0.432 e. The fourth-order valence-corrected chi connectivity index (χ4v) is 1.81. The zero-order valence-electron chi connectivity index (χ0n) is 8.83. The molecule has 0 atom stereocenters. The van der Waals surface area contributed by atoms with Crippen LogP contribution in [0.5, 0.6) is 0 Å². The van der Waals surface area contributed by atoms with Gasteiger partial charge in [0.1, 0.15) is 6.26 Å². The molecule has 0 saturated heterocycles. The van der Waals surface area contributed by atoms with Gasteiger partial charge in [-0.2, -0.15) is 4.98 Å². The lowest BCUT2D eigenvalue weighted by Crippen LogP contribution is -2.12. The number of rotatable bonds is 2. The molecular weight excluding hydrogens is 307 g/mol. The van der Waals surface area contributed by atoms with Crippen molar-refractivity contribution in [3.05, 3.63) is 45.2 Å². The van der Waals surface area contributed by atoms with Crippen molar-refractivity contribution in [1.82, 2.24) is 4.98 Å². The Morgan fingerprint density at radius 1 is 1.53 bits per heavy atom. The summed E-state index contributed by atoms with van der Waals surface area (Å²) in [7, 11) is 0. The molecule has 0 aliphatic rings. The molecule has 1 aromatic heterocycles. The maximum absolute atomic E-state index is 11.9. The van der Waals surface area contributed by atoms with Crippen molar-refractivity contribution >= 4 is 39.5 Å². The summed E-state index contributed by atoms with van der Waals surface area (Å²) in [6, 6.07) is 5.19. The van der Waals surface area contributed by atoms with Gasteiger partial charge in [-0.3, -0.25) is 10.1 Å². The fraction of sp³-hybridized carbons (Fsp3) is 0.0909. The van der Waals surface area contributed by atoms with Gasteiger partial charge in [0.15, 0.2) is 0 Å². The van der Waals surface area contributed by atoms with Crippen LogP contribution >= 0.6 is 27.5 Å².